The molecule has 0 radical (unpaired) electrons. The number of allylic oxidation sites excluding steroid dienone is 2. The molecule has 344 valence electrons. The highest BCUT2D eigenvalue weighted by Crippen LogP contribution is 2.43. The van der Waals surface area contributed by atoms with Gasteiger partial charge < -0.3 is 24.6 Å². The van der Waals surface area contributed by atoms with E-state index < -0.39 is 51.8 Å². The van der Waals surface area contributed by atoms with Gasteiger partial charge in [-0.3, -0.25) is 18.6 Å². The molecule has 0 saturated heterocycles. The van der Waals surface area contributed by atoms with Crippen molar-refractivity contribution >= 4 is 19.8 Å². The van der Waals surface area contributed by atoms with E-state index in [1.54, 1.807) is 0 Å². The average Bonchev–Trinajstić information content (AvgIpc) is 3.21. The second kappa shape index (κ2) is 43.8. The molecule has 3 N–H and O–H groups in total. The molecule has 0 amide bonds. The summed E-state index contributed by atoms with van der Waals surface area (Å²) in [5, 5.41) is 18.4. The minimum Gasteiger partial charge on any atom is -0.462 e. The Labute approximate surface area is 356 Å². The summed E-state index contributed by atoms with van der Waals surface area (Å²) < 4.78 is 32.8. The monoisotopic (exact) mass is 847 g/mol. The van der Waals surface area contributed by atoms with Crippen LogP contribution < -0.4 is 0 Å². The molecule has 0 aliphatic heterocycles. The summed E-state index contributed by atoms with van der Waals surface area (Å²) in [7, 11) is -4.62. The quantitative estimate of drug-likeness (QED) is 0.0234. The van der Waals surface area contributed by atoms with Gasteiger partial charge in [0, 0.05) is 12.8 Å². The van der Waals surface area contributed by atoms with Crippen LogP contribution in [0.15, 0.2) is 12.2 Å². The molecule has 0 saturated carbocycles. The van der Waals surface area contributed by atoms with E-state index in [4.69, 9.17) is 23.6 Å². The van der Waals surface area contributed by atoms with E-state index in [1.165, 1.54) is 154 Å². The van der Waals surface area contributed by atoms with E-state index in [9.17, 15) is 24.2 Å². The first kappa shape index (κ1) is 56.7. The SMILES string of the molecule is CCCCCCCCCC/C=C/CCCCCC(=O)O[C@H](COC(=O)CCCCCCCCCCCCCCCCCCCCCC)COP(=O)(O)OC[C@H](O)CO. The van der Waals surface area contributed by atoms with Gasteiger partial charge in [-0.2, -0.15) is 0 Å². The number of aliphatic hydroxyl groups is 2. The van der Waals surface area contributed by atoms with Crippen LogP contribution in [-0.2, 0) is 32.7 Å². The summed E-state index contributed by atoms with van der Waals surface area (Å²) in [6.45, 7) is 2.41. The third kappa shape index (κ3) is 42.8. The van der Waals surface area contributed by atoms with E-state index in [0.29, 0.717) is 12.8 Å². The van der Waals surface area contributed by atoms with Crippen LogP contribution in [0, 0.1) is 0 Å². The Morgan fingerprint density at radius 2 is 0.845 bits per heavy atom. The second-order valence-corrected chi connectivity index (χ2v) is 17.9. The Bertz CT molecular complexity index is 977. The lowest BCUT2D eigenvalue weighted by Gasteiger charge is -2.20. The molecule has 0 spiro atoms. The smallest absolute Gasteiger partial charge is 0.462 e. The Kier molecular flexibility index (Phi) is 42.8. The number of phosphoric acid groups is 1. The summed E-state index contributed by atoms with van der Waals surface area (Å²) in [6.07, 6.45) is 43.2. The van der Waals surface area contributed by atoms with Crippen molar-refractivity contribution in [1.29, 1.82) is 0 Å². The molecule has 0 rings (SSSR count). The maximum absolute atomic E-state index is 12.6. The third-order valence-corrected chi connectivity index (χ3v) is 11.6. The summed E-state index contributed by atoms with van der Waals surface area (Å²) in [5.74, 6) is -0.929. The van der Waals surface area contributed by atoms with Crippen molar-refractivity contribution in [3.05, 3.63) is 12.2 Å². The first-order valence-electron chi connectivity index (χ1n) is 24.1. The maximum Gasteiger partial charge on any atom is 0.472 e. The molecule has 0 aromatic carbocycles. The van der Waals surface area contributed by atoms with Gasteiger partial charge in [-0.05, 0) is 38.5 Å². The number of hydrogen-bond acceptors (Lipinski definition) is 9. The predicted molar refractivity (Wildman–Crippen MR) is 238 cm³/mol. The first-order chi connectivity index (χ1) is 28.2. The molecular formula is C47H91O10P. The molecule has 0 bridgehead atoms. The van der Waals surface area contributed by atoms with Crippen molar-refractivity contribution in [2.24, 2.45) is 0 Å². The molecule has 11 heteroatoms. The van der Waals surface area contributed by atoms with E-state index in [0.717, 1.165) is 44.9 Å². The highest BCUT2D eigenvalue weighted by atomic mass is 31.2. The van der Waals surface area contributed by atoms with Crippen molar-refractivity contribution in [3.63, 3.8) is 0 Å². The maximum atomic E-state index is 12.6. The van der Waals surface area contributed by atoms with Gasteiger partial charge in [0.2, 0.25) is 0 Å². The van der Waals surface area contributed by atoms with Crippen LogP contribution in [0.3, 0.4) is 0 Å². The number of esters is 2. The number of aliphatic hydroxyl groups excluding tert-OH is 2. The lowest BCUT2D eigenvalue weighted by molar-refractivity contribution is -0.161. The highest BCUT2D eigenvalue weighted by Gasteiger charge is 2.27. The van der Waals surface area contributed by atoms with Crippen LogP contribution in [-0.4, -0.2) is 65.7 Å². The number of ether oxygens (including phenoxy) is 2. The zero-order valence-electron chi connectivity index (χ0n) is 37.5. The van der Waals surface area contributed by atoms with Crippen molar-refractivity contribution in [2.75, 3.05) is 26.4 Å². The van der Waals surface area contributed by atoms with Crippen LogP contribution in [0.1, 0.15) is 239 Å². The fourth-order valence-corrected chi connectivity index (χ4v) is 7.72. The van der Waals surface area contributed by atoms with E-state index in [2.05, 4.69) is 26.0 Å². The largest absolute Gasteiger partial charge is 0.472 e. The minimum atomic E-state index is -4.62. The van der Waals surface area contributed by atoms with Crippen LogP contribution in [0.2, 0.25) is 0 Å². The molecule has 1 unspecified atom stereocenters. The molecule has 0 aromatic heterocycles. The molecule has 0 aliphatic carbocycles. The summed E-state index contributed by atoms with van der Waals surface area (Å²) in [6, 6.07) is 0. The van der Waals surface area contributed by atoms with Gasteiger partial charge in [0.05, 0.1) is 19.8 Å². The zero-order chi connectivity index (χ0) is 42.6. The molecule has 0 fully saturated rings. The van der Waals surface area contributed by atoms with Gasteiger partial charge in [-0.15, -0.1) is 0 Å². The fraction of sp³-hybridized carbons (Fsp3) is 0.915. The van der Waals surface area contributed by atoms with Crippen molar-refractivity contribution in [2.45, 2.75) is 251 Å². The lowest BCUT2D eigenvalue weighted by atomic mass is 10.0. The van der Waals surface area contributed by atoms with E-state index >= 15 is 0 Å². The Balaban J connectivity index is 4.18. The van der Waals surface area contributed by atoms with E-state index in [1.807, 2.05) is 0 Å². The second-order valence-electron chi connectivity index (χ2n) is 16.5. The number of unbranched alkanes of at least 4 members (excludes halogenated alkanes) is 30. The summed E-state index contributed by atoms with van der Waals surface area (Å²) in [5.41, 5.74) is 0. The molecule has 3 atom stereocenters. The number of carbonyl (C=O) groups excluding carboxylic acids is 2. The number of phosphoric ester groups is 1. The number of rotatable bonds is 46. The molecular weight excluding hydrogens is 755 g/mol. The zero-order valence-corrected chi connectivity index (χ0v) is 38.4. The van der Waals surface area contributed by atoms with Crippen molar-refractivity contribution in [3.8, 4) is 0 Å². The van der Waals surface area contributed by atoms with Crippen molar-refractivity contribution in [1.82, 2.24) is 0 Å². The van der Waals surface area contributed by atoms with Gasteiger partial charge in [0.15, 0.2) is 6.10 Å². The lowest BCUT2D eigenvalue weighted by Crippen LogP contribution is -2.29. The van der Waals surface area contributed by atoms with Crippen LogP contribution in [0.4, 0.5) is 0 Å². The van der Waals surface area contributed by atoms with Gasteiger partial charge >= 0.3 is 19.8 Å². The van der Waals surface area contributed by atoms with Gasteiger partial charge in [0.25, 0.3) is 0 Å². The Hall–Kier alpha value is -1.29. The predicted octanol–water partition coefficient (Wildman–Crippen LogP) is 13.2. The molecule has 58 heavy (non-hydrogen) atoms. The Morgan fingerprint density at radius 3 is 1.26 bits per heavy atom. The normalized spacial score (nSPS) is 13.8. The minimum absolute atomic E-state index is 0.168. The molecule has 10 nitrogen and oxygen atoms in total. The Morgan fingerprint density at radius 1 is 0.500 bits per heavy atom. The molecule has 0 aromatic rings. The van der Waals surface area contributed by atoms with Gasteiger partial charge in [-0.1, -0.05) is 199 Å². The third-order valence-electron chi connectivity index (χ3n) is 10.7. The summed E-state index contributed by atoms with van der Waals surface area (Å²) in [4.78, 5) is 35.1. The van der Waals surface area contributed by atoms with Crippen LogP contribution >= 0.6 is 7.82 Å². The number of carbonyl (C=O) groups is 2. The average molecular weight is 847 g/mol. The molecule has 0 heterocycles. The first-order valence-corrected chi connectivity index (χ1v) is 25.6. The summed E-state index contributed by atoms with van der Waals surface area (Å²) >= 11 is 0. The molecule has 0 aliphatic rings. The van der Waals surface area contributed by atoms with Gasteiger partial charge in [-0.25, -0.2) is 4.57 Å². The fourth-order valence-electron chi connectivity index (χ4n) is 6.93. The van der Waals surface area contributed by atoms with Gasteiger partial charge in [0.1, 0.15) is 12.7 Å². The van der Waals surface area contributed by atoms with Crippen LogP contribution in [0.25, 0.3) is 0 Å². The van der Waals surface area contributed by atoms with Crippen molar-refractivity contribution < 1.29 is 47.8 Å². The topological polar surface area (TPSA) is 149 Å². The van der Waals surface area contributed by atoms with Crippen LogP contribution in [0.5, 0.6) is 0 Å². The number of hydrogen-bond donors (Lipinski definition) is 3. The van der Waals surface area contributed by atoms with E-state index in [-0.39, 0.29) is 19.4 Å². The standard InChI is InChI=1S/C47H91O10P/c1-3-5-7-9-11-13-15-17-19-20-21-22-23-25-26-28-30-32-34-36-38-46(50)54-42-45(43-56-58(52,53)55-41-44(49)40-48)57-47(51)39-37-35-33-31-29-27-24-18-16-14-12-10-8-6-4-2/h27,29,44-45,48-49H,3-26,28,30-43H2,1-2H3,(H,52,53)/b29-27+/t44-,45-/m1/s1. The highest BCUT2D eigenvalue weighted by molar-refractivity contribution is 7.47.